The molecular formula is C14H12N2O2. The zero-order chi connectivity index (χ0) is 13.3. The number of aromatic hydroxyl groups is 1. The monoisotopic (exact) mass is 240 g/mol. The van der Waals surface area contributed by atoms with Crippen LogP contribution in [0.1, 0.15) is 16.7 Å². The summed E-state index contributed by atoms with van der Waals surface area (Å²) in [7, 11) is 0. The molecule has 2 N–H and O–H groups in total. The lowest BCUT2D eigenvalue weighted by atomic mass is 10.00. The number of benzene rings is 1. The first kappa shape index (κ1) is 11.9. The van der Waals surface area contributed by atoms with Gasteiger partial charge in [-0.05, 0) is 54.8 Å². The van der Waals surface area contributed by atoms with Crippen LogP contribution < -0.4 is 5.56 Å². The van der Waals surface area contributed by atoms with E-state index in [0.717, 1.165) is 11.1 Å². The molecule has 2 rings (SSSR count). The molecule has 0 amide bonds. The van der Waals surface area contributed by atoms with Gasteiger partial charge < -0.3 is 10.1 Å². The molecule has 1 aromatic carbocycles. The summed E-state index contributed by atoms with van der Waals surface area (Å²) < 4.78 is 0. The first-order valence-electron chi connectivity index (χ1n) is 5.47. The highest BCUT2D eigenvalue weighted by molar-refractivity contribution is 5.66. The Kier molecular flexibility index (Phi) is 2.90. The molecule has 0 saturated heterocycles. The van der Waals surface area contributed by atoms with Gasteiger partial charge in [-0.3, -0.25) is 4.79 Å². The number of aromatic nitrogens is 1. The van der Waals surface area contributed by atoms with E-state index >= 15 is 0 Å². The van der Waals surface area contributed by atoms with Crippen molar-refractivity contribution in [1.29, 1.82) is 5.26 Å². The molecule has 0 radical (unpaired) electrons. The number of rotatable bonds is 1. The largest absolute Gasteiger partial charge is 0.508 e. The molecule has 0 unspecified atom stereocenters. The summed E-state index contributed by atoms with van der Waals surface area (Å²) in [6.07, 6.45) is 0. The van der Waals surface area contributed by atoms with Crippen LogP contribution >= 0.6 is 0 Å². The molecule has 4 heteroatoms. The van der Waals surface area contributed by atoms with Crippen LogP contribution in [0.2, 0.25) is 0 Å². The predicted octanol–water partition coefficient (Wildman–Crippen LogP) is 2.24. The number of nitrogens with zero attached hydrogens (tertiary/aromatic N) is 1. The van der Waals surface area contributed by atoms with Crippen molar-refractivity contribution in [2.75, 3.05) is 0 Å². The lowest BCUT2D eigenvalue weighted by molar-refractivity contribution is 0.475. The van der Waals surface area contributed by atoms with Crippen molar-refractivity contribution in [3.63, 3.8) is 0 Å². The van der Waals surface area contributed by atoms with Crippen LogP contribution in [0, 0.1) is 25.2 Å². The molecule has 0 saturated carbocycles. The molecule has 1 aromatic heterocycles. The fraction of sp³-hybridized carbons (Fsp3) is 0.143. The van der Waals surface area contributed by atoms with Gasteiger partial charge in [0.15, 0.2) is 0 Å². The van der Waals surface area contributed by atoms with Crippen LogP contribution in [-0.4, -0.2) is 10.1 Å². The van der Waals surface area contributed by atoms with E-state index in [1.807, 2.05) is 13.0 Å². The Bertz CT molecular complexity index is 691. The first-order chi connectivity index (χ1) is 8.54. The number of nitriles is 1. The molecule has 0 aliphatic rings. The van der Waals surface area contributed by atoms with Gasteiger partial charge >= 0.3 is 0 Å². The minimum Gasteiger partial charge on any atom is -0.508 e. The van der Waals surface area contributed by atoms with Crippen LogP contribution in [0.4, 0.5) is 0 Å². The second-order valence-corrected chi connectivity index (χ2v) is 4.11. The van der Waals surface area contributed by atoms with Gasteiger partial charge in [0.05, 0.1) is 5.69 Å². The van der Waals surface area contributed by atoms with E-state index in [2.05, 4.69) is 4.98 Å². The standard InChI is InChI=1S/C14H12N2O2/c1-8-9(2)13(16-14(18)12(8)7-15)10-3-5-11(17)6-4-10/h3-6,17H,1-2H3,(H,16,18). The van der Waals surface area contributed by atoms with Crippen LogP contribution in [0.3, 0.4) is 0 Å². The first-order valence-corrected chi connectivity index (χ1v) is 5.47. The van der Waals surface area contributed by atoms with Crippen molar-refractivity contribution in [2.24, 2.45) is 0 Å². The third-order valence-electron chi connectivity index (χ3n) is 3.05. The van der Waals surface area contributed by atoms with E-state index in [-0.39, 0.29) is 16.9 Å². The van der Waals surface area contributed by atoms with Gasteiger partial charge in [0, 0.05) is 0 Å². The summed E-state index contributed by atoms with van der Waals surface area (Å²) in [6.45, 7) is 3.61. The van der Waals surface area contributed by atoms with E-state index < -0.39 is 0 Å². The number of H-pyrrole nitrogens is 1. The zero-order valence-corrected chi connectivity index (χ0v) is 10.1. The minimum absolute atomic E-state index is 0.148. The maximum Gasteiger partial charge on any atom is 0.266 e. The van der Waals surface area contributed by atoms with Crippen LogP contribution in [0.25, 0.3) is 11.3 Å². The third kappa shape index (κ3) is 1.87. The molecule has 2 aromatic rings. The molecule has 0 aliphatic carbocycles. The van der Waals surface area contributed by atoms with Gasteiger partial charge in [0.2, 0.25) is 0 Å². The lowest BCUT2D eigenvalue weighted by Gasteiger charge is -2.09. The van der Waals surface area contributed by atoms with E-state index in [4.69, 9.17) is 5.26 Å². The maximum absolute atomic E-state index is 11.8. The van der Waals surface area contributed by atoms with Gasteiger partial charge in [-0.15, -0.1) is 0 Å². The Labute approximate surface area is 104 Å². The highest BCUT2D eigenvalue weighted by atomic mass is 16.3. The topological polar surface area (TPSA) is 76.9 Å². The molecule has 0 aliphatic heterocycles. The van der Waals surface area contributed by atoms with Crippen molar-refractivity contribution in [3.05, 3.63) is 51.3 Å². The van der Waals surface area contributed by atoms with E-state index in [0.29, 0.717) is 11.3 Å². The van der Waals surface area contributed by atoms with Crippen molar-refractivity contribution in [3.8, 4) is 23.1 Å². The summed E-state index contributed by atoms with van der Waals surface area (Å²) in [6, 6.07) is 8.46. The smallest absolute Gasteiger partial charge is 0.266 e. The molecular weight excluding hydrogens is 228 g/mol. The average molecular weight is 240 g/mol. The van der Waals surface area contributed by atoms with Crippen LogP contribution in [-0.2, 0) is 0 Å². The maximum atomic E-state index is 11.8. The number of aromatic amines is 1. The van der Waals surface area contributed by atoms with Gasteiger partial charge in [-0.1, -0.05) is 0 Å². The van der Waals surface area contributed by atoms with Gasteiger partial charge in [0.1, 0.15) is 17.4 Å². The molecule has 1 heterocycles. The average Bonchev–Trinajstić information content (AvgIpc) is 2.36. The van der Waals surface area contributed by atoms with Crippen molar-refractivity contribution < 1.29 is 5.11 Å². The molecule has 0 atom stereocenters. The fourth-order valence-electron chi connectivity index (χ4n) is 1.87. The molecule has 0 bridgehead atoms. The normalized spacial score (nSPS) is 10.1. The Balaban J connectivity index is 2.71. The zero-order valence-electron chi connectivity index (χ0n) is 10.1. The third-order valence-corrected chi connectivity index (χ3v) is 3.05. The predicted molar refractivity (Wildman–Crippen MR) is 68.4 cm³/mol. The van der Waals surface area contributed by atoms with Gasteiger partial charge in [-0.2, -0.15) is 5.26 Å². The second-order valence-electron chi connectivity index (χ2n) is 4.11. The summed E-state index contributed by atoms with van der Waals surface area (Å²) >= 11 is 0. The Morgan fingerprint density at radius 1 is 1.17 bits per heavy atom. The van der Waals surface area contributed by atoms with Crippen LogP contribution in [0.15, 0.2) is 29.1 Å². The highest BCUT2D eigenvalue weighted by Gasteiger charge is 2.12. The Morgan fingerprint density at radius 3 is 2.33 bits per heavy atom. The molecule has 90 valence electrons. The Hall–Kier alpha value is -2.54. The summed E-state index contributed by atoms with van der Waals surface area (Å²) in [5, 5.41) is 18.2. The number of pyridine rings is 1. The molecule has 0 fully saturated rings. The quantitative estimate of drug-likeness (QED) is 0.802. The molecule has 4 nitrogen and oxygen atoms in total. The minimum atomic E-state index is -0.385. The van der Waals surface area contributed by atoms with E-state index in [1.54, 1.807) is 31.2 Å². The fourth-order valence-corrected chi connectivity index (χ4v) is 1.87. The van der Waals surface area contributed by atoms with E-state index in [9.17, 15) is 9.90 Å². The van der Waals surface area contributed by atoms with Gasteiger partial charge in [-0.25, -0.2) is 0 Å². The van der Waals surface area contributed by atoms with Crippen molar-refractivity contribution >= 4 is 0 Å². The van der Waals surface area contributed by atoms with Gasteiger partial charge in [0.25, 0.3) is 5.56 Å². The number of nitrogens with one attached hydrogen (secondary N) is 1. The SMILES string of the molecule is Cc1c(-c2ccc(O)cc2)[nH]c(=O)c(C#N)c1C. The lowest BCUT2D eigenvalue weighted by Crippen LogP contribution is -2.14. The summed E-state index contributed by atoms with van der Waals surface area (Å²) in [4.78, 5) is 14.5. The Morgan fingerprint density at radius 2 is 1.78 bits per heavy atom. The number of hydrogen-bond donors (Lipinski definition) is 2. The second kappa shape index (κ2) is 4.38. The number of phenolic OH excluding ortho intramolecular Hbond substituents is 1. The van der Waals surface area contributed by atoms with Crippen LogP contribution in [0.5, 0.6) is 5.75 Å². The number of hydrogen-bond acceptors (Lipinski definition) is 3. The molecule has 18 heavy (non-hydrogen) atoms. The summed E-state index contributed by atoms with van der Waals surface area (Å²) in [5.41, 5.74) is 2.78. The van der Waals surface area contributed by atoms with Crippen molar-refractivity contribution in [1.82, 2.24) is 4.98 Å². The highest BCUT2D eigenvalue weighted by Crippen LogP contribution is 2.24. The summed E-state index contributed by atoms with van der Waals surface area (Å²) in [5.74, 6) is 0.170. The van der Waals surface area contributed by atoms with E-state index in [1.165, 1.54) is 0 Å². The molecule has 0 spiro atoms. The van der Waals surface area contributed by atoms with Crippen molar-refractivity contribution in [2.45, 2.75) is 13.8 Å². The number of phenols is 1.